The molecule has 4 atom stereocenters. The molecule has 6 nitrogen and oxygen atoms in total. The van der Waals surface area contributed by atoms with E-state index < -0.39 is 6.10 Å². The van der Waals surface area contributed by atoms with Gasteiger partial charge in [0.25, 0.3) is 0 Å². The molecule has 1 aliphatic heterocycles. The van der Waals surface area contributed by atoms with Crippen LogP contribution in [0.3, 0.4) is 0 Å². The van der Waals surface area contributed by atoms with Gasteiger partial charge in [0, 0.05) is 19.4 Å². The van der Waals surface area contributed by atoms with Crippen LogP contribution in [0.4, 0.5) is 0 Å². The largest absolute Gasteiger partial charge is 0.466 e. The highest BCUT2D eigenvalue weighted by molar-refractivity contribution is 5.88. The van der Waals surface area contributed by atoms with Crippen LogP contribution in [0.25, 0.3) is 0 Å². The molecule has 0 aromatic carbocycles. The molecule has 1 saturated heterocycles. The van der Waals surface area contributed by atoms with Crippen molar-refractivity contribution < 1.29 is 23.8 Å². The third-order valence-electron chi connectivity index (χ3n) is 5.22. The minimum atomic E-state index is -0.475. The molecule has 0 radical (unpaired) electrons. The molecular formula is C20H31NO5. The van der Waals surface area contributed by atoms with Crippen molar-refractivity contribution >= 4 is 11.8 Å². The summed E-state index contributed by atoms with van der Waals surface area (Å²) >= 11 is 0. The fourth-order valence-corrected chi connectivity index (χ4v) is 3.77. The Hall–Kier alpha value is -1.45. The van der Waals surface area contributed by atoms with Crippen LogP contribution in [0.1, 0.15) is 71.1 Å². The molecule has 6 heteroatoms. The van der Waals surface area contributed by atoms with E-state index in [9.17, 15) is 14.9 Å². The van der Waals surface area contributed by atoms with Gasteiger partial charge >= 0.3 is 5.97 Å². The Morgan fingerprint density at radius 2 is 2.00 bits per heavy atom. The summed E-state index contributed by atoms with van der Waals surface area (Å²) in [7, 11) is 0. The van der Waals surface area contributed by atoms with Crippen molar-refractivity contribution in [2.24, 2.45) is 11.8 Å². The normalized spacial score (nSPS) is 28.7. The second-order valence-corrected chi connectivity index (χ2v) is 7.30. The molecule has 2 rings (SSSR count). The van der Waals surface area contributed by atoms with Crippen LogP contribution in [0.2, 0.25) is 0 Å². The predicted octanol–water partition coefficient (Wildman–Crippen LogP) is 3.53. The Balaban J connectivity index is 1.65. The van der Waals surface area contributed by atoms with Crippen LogP contribution in [0.5, 0.6) is 0 Å². The molecule has 0 amide bonds. The molecule has 26 heavy (non-hydrogen) atoms. The Labute approximate surface area is 156 Å². The summed E-state index contributed by atoms with van der Waals surface area (Å²) in [4.78, 5) is 23.3. The van der Waals surface area contributed by atoms with Crippen LogP contribution in [-0.2, 0) is 23.8 Å². The van der Waals surface area contributed by atoms with Gasteiger partial charge in [-0.2, -0.15) is 5.26 Å². The van der Waals surface area contributed by atoms with Crippen LogP contribution in [0.15, 0.2) is 0 Å². The number of hydrogen-bond acceptors (Lipinski definition) is 6. The maximum absolute atomic E-state index is 12.6. The van der Waals surface area contributed by atoms with E-state index in [0.717, 1.165) is 57.8 Å². The van der Waals surface area contributed by atoms with Gasteiger partial charge in [-0.1, -0.05) is 25.7 Å². The number of carbonyl (C=O) groups is 2. The summed E-state index contributed by atoms with van der Waals surface area (Å²) < 4.78 is 16.3. The summed E-state index contributed by atoms with van der Waals surface area (Å²) in [6.45, 7) is 2.59. The first-order chi connectivity index (χ1) is 12.6. The zero-order valence-corrected chi connectivity index (χ0v) is 15.8. The number of unbranched alkanes of at least 4 members (excludes halogenated alkanes) is 4. The number of Topliss-reactive ketones (excluding diaryl/α,β-unsaturated/α-hetero) is 1. The van der Waals surface area contributed by atoms with Crippen LogP contribution in [-0.4, -0.2) is 37.4 Å². The lowest BCUT2D eigenvalue weighted by molar-refractivity contribution is -0.189. The van der Waals surface area contributed by atoms with Crippen molar-refractivity contribution in [1.29, 1.82) is 5.26 Å². The van der Waals surface area contributed by atoms with E-state index >= 15 is 0 Å². The second-order valence-electron chi connectivity index (χ2n) is 7.30. The quantitative estimate of drug-likeness (QED) is 0.435. The van der Waals surface area contributed by atoms with Crippen molar-refractivity contribution in [3.8, 4) is 6.07 Å². The maximum Gasteiger partial charge on any atom is 0.302 e. The number of nitrogens with zero attached hydrogens (tertiary/aromatic N) is 1. The van der Waals surface area contributed by atoms with E-state index in [1.807, 2.05) is 0 Å². The van der Waals surface area contributed by atoms with Crippen molar-refractivity contribution in [1.82, 2.24) is 0 Å². The van der Waals surface area contributed by atoms with Gasteiger partial charge in [-0.15, -0.1) is 0 Å². The molecule has 4 unspecified atom stereocenters. The monoisotopic (exact) mass is 365 g/mol. The third kappa shape index (κ3) is 6.69. The van der Waals surface area contributed by atoms with Crippen LogP contribution in [0, 0.1) is 23.2 Å². The number of hydrogen-bond donors (Lipinski definition) is 0. The molecule has 0 bridgehead atoms. The van der Waals surface area contributed by atoms with Gasteiger partial charge in [0.1, 0.15) is 6.10 Å². The predicted molar refractivity (Wildman–Crippen MR) is 95.0 cm³/mol. The minimum Gasteiger partial charge on any atom is -0.466 e. The van der Waals surface area contributed by atoms with Crippen molar-refractivity contribution in [3.05, 3.63) is 0 Å². The number of esters is 1. The van der Waals surface area contributed by atoms with E-state index in [4.69, 9.17) is 14.2 Å². The van der Waals surface area contributed by atoms with Gasteiger partial charge in [0.05, 0.1) is 18.6 Å². The van der Waals surface area contributed by atoms with E-state index in [2.05, 4.69) is 6.07 Å². The minimum absolute atomic E-state index is 0.0839. The summed E-state index contributed by atoms with van der Waals surface area (Å²) in [5, 5.41) is 9.39. The van der Waals surface area contributed by atoms with Crippen molar-refractivity contribution in [3.63, 3.8) is 0 Å². The van der Waals surface area contributed by atoms with Gasteiger partial charge in [-0.05, 0) is 38.5 Å². The van der Waals surface area contributed by atoms with Crippen molar-refractivity contribution in [2.45, 2.75) is 83.5 Å². The van der Waals surface area contributed by atoms with E-state index in [-0.39, 0.29) is 29.9 Å². The van der Waals surface area contributed by atoms with Crippen molar-refractivity contribution in [2.75, 3.05) is 13.2 Å². The highest BCUT2D eigenvalue weighted by Crippen LogP contribution is 2.35. The number of ketones is 1. The lowest BCUT2D eigenvalue weighted by Crippen LogP contribution is -2.31. The summed E-state index contributed by atoms with van der Waals surface area (Å²) in [5.74, 6) is -0.585. The average Bonchev–Trinajstić information content (AvgIpc) is 2.93. The molecule has 0 aromatic rings. The molecule has 0 spiro atoms. The van der Waals surface area contributed by atoms with E-state index in [0.29, 0.717) is 19.6 Å². The molecular weight excluding hydrogens is 334 g/mol. The molecule has 0 aromatic heterocycles. The SMILES string of the molecule is CC(=O)OCCCCCCCC1C(=O)C(OC2CCCCO2)CC1C#N. The Kier molecular flexibility index (Phi) is 9.07. The van der Waals surface area contributed by atoms with Crippen LogP contribution < -0.4 is 0 Å². The highest BCUT2D eigenvalue weighted by atomic mass is 16.7. The highest BCUT2D eigenvalue weighted by Gasteiger charge is 2.43. The molecule has 1 aliphatic carbocycles. The van der Waals surface area contributed by atoms with E-state index in [1.54, 1.807) is 0 Å². The lowest BCUT2D eigenvalue weighted by atomic mass is 9.91. The number of carbonyl (C=O) groups excluding carboxylic acids is 2. The van der Waals surface area contributed by atoms with Gasteiger partial charge in [-0.25, -0.2) is 0 Å². The molecule has 0 N–H and O–H groups in total. The Morgan fingerprint density at radius 3 is 2.69 bits per heavy atom. The van der Waals surface area contributed by atoms with Crippen LogP contribution >= 0.6 is 0 Å². The number of rotatable bonds is 10. The van der Waals surface area contributed by atoms with Gasteiger partial charge < -0.3 is 14.2 Å². The Bertz CT molecular complexity index is 495. The fraction of sp³-hybridized carbons (Fsp3) is 0.850. The summed E-state index contributed by atoms with van der Waals surface area (Å²) in [5.41, 5.74) is 0. The second kappa shape index (κ2) is 11.3. The molecule has 146 valence electrons. The average molecular weight is 365 g/mol. The summed E-state index contributed by atoms with van der Waals surface area (Å²) in [6, 6.07) is 2.30. The smallest absolute Gasteiger partial charge is 0.302 e. The topological polar surface area (TPSA) is 85.6 Å². The summed E-state index contributed by atoms with van der Waals surface area (Å²) in [6.07, 6.45) is 8.34. The molecule has 2 aliphatic rings. The molecule has 2 fully saturated rings. The molecule has 1 heterocycles. The number of nitriles is 1. The first kappa shape index (κ1) is 20.9. The Morgan fingerprint density at radius 1 is 1.23 bits per heavy atom. The zero-order chi connectivity index (χ0) is 18.8. The maximum atomic E-state index is 12.6. The lowest BCUT2D eigenvalue weighted by Gasteiger charge is -2.25. The zero-order valence-electron chi connectivity index (χ0n) is 15.8. The third-order valence-corrected chi connectivity index (χ3v) is 5.22. The fourth-order valence-electron chi connectivity index (χ4n) is 3.77. The standard InChI is InChI=1S/C20H31NO5/c1-15(22)24-11-7-4-2-3-5-9-17-16(14-21)13-18(20(17)23)26-19-10-6-8-12-25-19/h16-19H,2-13H2,1H3. The van der Waals surface area contributed by atoms with Gasteiger partial charge in [0.15, 0.2) is 12.1 Å². The number of ether oxygens (including phenoxy) is 3. The first-order valence-corrected chi connectivity index (χ1v) is 9.95. The first-order valence-electron chi connectivity index (χ1n) is 9.95. The van der Waals surface area contributed by atoms with Gasteiger partial charge in [0.2, 0.25) is 0 Å². The molecule has 1 saturated carbocycles. The van der Waals surface area contributed by atoms with E-state index in [1.165, 1.54) is 6.92 Å². The van der Waals surface area contributed by atoms with Gasteiger partial charge in [-0.3, -0.25) is 9.59 Å².